The maximum absolute atomic E-state index is 13.2. The predicted molar refractivity (Wildman–Crippen MR) is 83.9 cm³/mol. The topological polar surface area (TPSA) is 70.2 Å². The van der Waals surface area contributed by atoms with Crippen LogP contribution in [-0.2, 0) is 11.3 Å². The Morgan fingerprint density at radius 3 is 2.67 bits per heavy atom. The normalized spacial score (nSPS) is 10.8. The molecule has 0 spiro atoms. The van der Waals surface area contributed by atoms with Crippen molar-refractivity contribution in [3.05, 3.63) is 59.8 Å². The fourth-order valence-corrected chi connectivity index (χ4v) is 2.44. The van der Waals surface area contributed by atoms with Gasteiger partial charge in [-0.05, 0) is 37.6 Å². The summed E-state index contributed by atoms with van der Waals surface area (Å²) >= 11 is 0. The van der Waals surface area contributed by atoms with E-state index in [2.05, 4.69) is 10.1 Å². The molecule has 124 valence electrons. The lowest BCUT2D eigenvalue weighted by Crippen LogP contribution is -2.13. The van der Waals surface area contributed by atoms with Crippen LogP contribution in [0.25, 0.3) is 11.1 Å². The fraction of sp³-hybridized carbons (Fsp3) is 0.235. The molecule has 0 aliphatic carbocycles. The standard InChI is InChI=1S/C17H16FN3O3/c1-3-23-17(22)16-14(12-4-6-13(18)7-5-12)8-9-21(16)10-15-19-11(2)20-24-15/h4-9H,3,10H2,1-2H3. The summed E-state index contributed by atoms with van der Waals surface area (Å²) in [5.41, 5.74) is 1.74. The molecule has 3 aromatic rings. The molecule has 0 fully saturated rings. The van der Waals surface area contributed by atoms with Crippen molar-refractivity contribution in [1.29, 1.82) is 0 Å². The molecule has 0 saturated heterocycles. The lowest BCUT2D eigenvalue weighted by molar-refractivity contribution is 0.0515. The molecular formula is C17H16FN3O3. The summed E-state index contributed by atoms with van der Waals surface area (Å²) in [5.74, 6) is 0.114. The SMILES string of the molecule is CCOC(=O)c1c(-c2ccc(F)cc2)ccn1Cc1nc(C)no1. The first-order chi connectivity index (χ1) is 11.6. The molecule has 0 unspecified atom stereocenters. The van der Waals surface area contributed by atoms with Crippen molar-refractivity contribution in [1.82, 2.24) is 14.7 Å². The van der Waals surface area contributed by atoms with E-state index in [-0.39, 0.29) is 19.0 Å². The van der Waals surface area contributed by atoms with Crippen molar-refractivity contribution >= 4 is 5.97 Å². The molecule has 0 radical (unpaired) electrons. The Balaban J connectivity index is 2.02. The second-order valence-corrected chi connectivity index (χ2v) is 5.17. The highest BCUT2D eigenvalue weighted by Gasteiger charge is 2.21. The summed E-state index contributed by atoms with van der Waals surface area (Å²) in [4.78, 5) is 16.5. The van der Waals surface area contributed by atoms with E-state index in [9.17, 15) is 9.18 Å². The predicted octanol–water partition coefficient (Wildman–Crippen LogP) is 3.21. The lowest BCUT2D eigenvalue weighted by atomic mass is 10.1. The third-order valence-corrected chi connectivity index (χ3v) is 3.46. The second kappa shape index (κ2) is 6.66. The Bertz CT molecular complexity index is 852. The van der Waals surface area contributed by atoms with Gasteiger partial charge in [0.1, 0.15) is 18.1 Å². The number of esters is 1. The van der Waals surface area contributed by atoms with Crippen LogP contribution in [0.3, 0.4) is 0 Å². The van der Waals surface area contributed by atoms with Crippen LogP contribution >= 0.6 is 0 Å². The van der Waals surface area contributed by atoms with E-state index in [0.717, 1.165) is 5.56 Å². The van der Waals surface area contributed by atoms with Crippen molar-refractivity contribution in [2.45, 2.75) is 20.4 Å². The van der Waals surface area contributed by atoms with Crippen molar-refractivity contribution < 1.29 is 18.4 Å². The molecule has 0 aliphatic heterocycles. The Morgan fingerprint density at radius 2 is 2.04 bits per heavy atom. The number of hydrogen-bond donors (Lipinski definition) is 0. The Labute approximate surface area is 137 Å². The van der Waals surface area contributed by atoms with Gasteiger partial charge in [-0.2, -0.15) is 4.98 Å². The number of carbonyl (C=O) groups excluding carboxylic acids is 1. The van der Waals surface area contributed by atoms with Gasteiger partial charge in [0, 0.05) is 11.8 Å². The molecular weight excluding hydrogens is 313 g/mol. The molecule has 0 saturated carbocycles. The number of carbonyl (C=O) groups is 1. The number of benzene rings is 1. The van der Waals surface area contributed by atoms with Crippen molar-refractivity contribution in [3.8, 4) is 11.1 Å². The highest BCUT2D eigenvalue weighted by Crippen LogP contribution is 2.26. The van der Waals surface area contributed by atoms with Crippen molar-refractivity contribution in [2.24, 2.45) is 0 Å². The average molecular weight is 329 g/mol. The number of rotatable bonds is 5. The van der Waals surface area contributed by atoms with Crippen LogP contribution in [-0.4, -0.2) is 27.3 Å². The highest BCUT2D eigenvalue weighted by molar-refractivity contribution is 5.96. The van der Waals surface area contributed by atoms with Gasteiger partial charge in [-0.1, -0.05) is 17.3 Å². The van der Waals surface area contributed by atoms with E-state index < -0.39 is 5.97 Å². The maximum atomic E-state index is 13.2. The summed E-state index contributed by atoms with van der Waals surface area (Å²) in [6, 6.07) is 7.72. The first-order valence-electron chi connectivity index (χ1n) is 7.50. The summed E-state index contributed by atoms with van der Waals surface area (Å²) in [6.45, 7) is 3.96. The third kappa shape index (κ3) is 3.19. The minimum absolute atomic E-state index is 0.246. The van der Waals surface area contributed by atoms with E-state index in [1.807, 2.05) is 0 Å². The molecule has 0 atom stereocenters. The van der Waals surface area contributed by atoms with Crippen LogP contribution in [0.2, 0.25) is 0 Å². The minimum atomic E-state index is -0.460. The Kier molecular flexibility index (Phi) is 4.41. The van der Waals surface area contributed by atoms with Gasteiger partial charge < -0.3 is 13.8 Å². The van der Waals surface area contributed by atoms with Gasteiger partial charge in [0.05, 0.1) is 6.61 Å². The summed E-state index contributed by atoms with van der Waals surface area (Å²) in [6.07, 6.45) is 1.74. The first kappa shape index (κ1) is 15.9. The molecule has 2 heterocycles. The minimum Gasteiger partial charge on any atom is -0.461 e. The van der Waals surface area contributed by atoms with E-state index in [1.165, 1.54) is 12.1 Å². The maximum Gasteiger partial charge on any atom is 0.355 e. The lowest BCUT2D eigenvalue weighted by Gasteiger charge is -2.09. The largest absolute Gasteiger partial charge is 0.461 e. The molecule has 0 bridgehead atoms. The summed E-state index contributed by atoms with van der Waals surface area (Å²) < 4.78 is 25.1. The molecule has 24 heavy (non-hydrogen) atoms. The van der Waals surface area contributed by atoms with E-state index in [1.54, 1.807) is 42.8 Å². The van der Waals surface area contributed by atoms with Gasteiger partial charge in [-0.3, -0.25) is 0 Å². The molecule has 3 rings (SSSR count). The van der Waals surface area contributed by atoms with E-state index >= 15 is 0 Å². The smallest absolute Gasteiger partial charge is 0.355 e. The van der Waals surface area contributed by atoms with Crippen LogP contribution in [0.15, 0.2) is 41.1 Å². The van der Waals surface area contributed by atoms with Crippen molar-refractivity contribution in [2.75, 3.05) is 6.61 Å². The van der Waals surface area contributed by atoms with Crippen molar-refractivity contribution in [3.63, 3.8) is 0 Å². The number of aryl methyl sites for hydroxylation is 1. The fourth-order valence-electron chi connectivity index (χ4n) is 2.44. The zero-order chi connectivity index (χ0) is 17.1. The Morgan fingerprint density at radius 1 is 1.29 bits per heavy atom. The van der Waals surface area contributed by atoms with Crippen LogP contribution in [0.1, 0.15) is 29.1 Å². The number of halogens is 1. The molecule has 1 aromatic carbocycles. The van der Waals surface area contributed by atoms with Crippen LogP contribution < -0.4 is 0 Å². The summed E-state index contributed by atoms with van der Waals surface area (Å²) in [7, 11) is 0. The highest BCUT2D eigenvalue weighted by atomic mass is 19.1. The monoisotopic (exact) mass is 329 g/mol. The van der Waals surface area contributed by atoms with Gasteiger partial charge in [0.15, 0.2) is 5.82 Å². The quantitative estimate of drug-likeness (QED) is 0.672. The molecule has 0 aliphatic rings. The average Bonchev–Trinajstić information content (AvgIpc) is 3.15. The van der Waals surface area contributed by atoms with Gasteiger partial charge in [-0.15, -0.1) is 0 Å². The zero-order valence-corrected chi connectivity index (χ0v) is 13.3. The Hall–Kier alpha value is -2.96. The van der Waals surface area contributed by atoms with Crippen LogP contribution in [0.5, 0.6) is 0 Å². The third-order valence-electron chi connectivity index (χ3n) is 3.46. The number of nitrogens with zero attached hydrogens (tertiary/aromatic N) is 3. The number of hydrogen-bond acceptors (Lipinski definition) is 5. The van der Waals surface area contributed by atoms with Gasteiger partial charge in [-0.25, -0.2) is 9.18 Å². The number of aromatic nitrogens is 3. The molecule has 2 aromatic heterocycles. The first-order valence-corrected chi connectivity index (χ1v) is 7.50. The molecule has 0 amide bonds. The van der Waals surface area contributed by atoms with Gasteiger partial charge >= 0.3 is 5.97 Å². The zero-order valence-electron chi connectivity index (χ0n) is 13.3. The summed E-state index contributed by atoms with van der Waals surface area (Å²) in [5, 5.41) is 3.74. The second-order valence-electron chi connectivity index (χ2n) is 5.17. The number of ether oxygens (including phenoxy) is 1. The van der Waals surface area contributed by atoms with Gasteiger partial charge in [0.25, 0.3) is 0 Å². The van der Waals surface area contributed by atoms with E-state index in [4.69, 9.17) is 9.26 Å². The molecule has 0 N–H and O–H groups in total. The van der Waals surface area contributed by atoms with Gasteiger partial charge in [0.2, 0.25) is 5.89 Å². The van der Waals surface area contributed by atoms with Crippen LogP contribution in [0, 0.1) is 12.7 Å². The van der Waals surface area contributed by atoms with Crippen LogP contribution in [0.4, 0.5) is 4.39 Å². The molecule has 6 nitrogen and oxygen atoms in total. The van der Waals surface area contributed by atoms with E-state index in [0.29, 0.717) is 23.0 Å². The molecule has 7 heteroatoms.